The summed E-state index contributed by atoms with van der Waals surface area (Å²) in [5.41, 5.74) is 8.26. The molecule has 0 radical (unpaired) electrons. The van der Waals surface area contributed by atoms with Crippen molar-refractivity contribution >= 4 is 33.2 Å². The number of nitrogens with two attached hydrogens (primary N) is 1. The van der Waals surface area contributed by atoms with Crippen LogP contribution in [0.1, 0.15) is 28.2 Å². The molecule has 1 aliphatic rings. The van der Waals surface area contributed by atoms with Crippen LogP contribution in [-0.4, -0.2) is 27.0 Å². The van der Waals surface area contributed by atoms with Crippen molar-refractivity contribution in [2.75, 3.05) is 18.2 Å². The number of ether oxygens (including phenoxy) is 1. The zero-order valence-electron chi connectivity index (χ0n) is 13.4. The van der Waals surface area contributed by atoms with Crippen molar-refractivity contribution in [2.45, 2.75) is 32.4 Å². The fourth-order valence-corrected chi connectivity index (χ4v) is 4.26. The van der Waals surface area contributed by atoms with Gasteiger partial charge in [-0.2, -0.15) is 0 Å². The highest BCUT2D eigenvalue weighted by Crippen LogP contribution is 2.39. The van der Waals surface area contributed by atoms with Crippen molar-refractivity contribution in [3.05, 3.63) is 34.4 Å². The van der Waals surface area contributed by atoms with E-state index >= 15 is 0 Å². The van der Waals surface area contributed by atoms with Crippen LogP contribution in [0.5, 0.6) is 0 Å². The number of nitrogens with one attached hydrogen (secondary N) is 1. The number of anilines is 2. The van der Waals surface area contributed by atoms with Crippen molar-refractivity contribution in [1.29, 1.82) is 0 Å². The molecule has 0 amide bonds. The number of hydrogen-bond donors (Lipinski definition) is 2. The van der Waals surface area contributed by atoms with Gasteiger partial charge in [-0.1, -0.05) is 0 Å². The molecule has 3 aromatic heterocycles. The number of hydrogen-bond acceptors (Lipinski definition) is 8. The predicted octanol–water partition coefficient (Wildman–Crippen LogP) is 2.31. The molecule has 0 spiro atoms. The molecule has 0 aromatic carbocycles. The molecule has 4 rings (SSSR count). The van der Waals surface area contributed by atoms with Crippen molar-refractivity contribution in [2.24, 2.45) is 0 Å². The SMILES string of the molecule is COCc1ncc(CNc2ncnc3sc4c(c23)CCC4)c(N)n1. The Morgan fingerprint density at radius 3 is 3.04 bits per heavy atom. The van der Waals surface area contributed by atoms with Gasteiger partial charge in [0.05, 0.1) is 5.39 Å². The molecule has 0 aliphatic heterocycles. The second-order valence-electron chi connectivity index (χ2n) is 5.74. The van der Waals surface area contributed by atoms with E-state index in [9.17, 15) is 0 Å². The molecule has 7 nitrogen and oxygen atoms in total. The summed E-state index contributed by atoms with van der Waals surface area (Å²) >= 11 is 1.78. The maximum absolute atomic E-state index is 6.02. The quantitative estimate of drug-likeness (QED) is 0.734. The summed E-state index contributed by atoms with van der Waals surface area (Å²) in [6.45, 7) is 0.876. The second kappa shape index (κ2) is 6.29. The third-order valence-electron chi connectivity index (χ3n) is 4.17. The minimum atomic E-state index is 0.353. The van der Waals surface area contributed by atoms with E-state index in [2.05, 4.69) is 25.3 Å². The van der Waals surface area contributed by atoms with Crippen molar-refractivity contribution in [3.8, 4) is 0 Å². The first-order chi connectivity index (χ1) is 11.8. The molecule has 3 aromatic rings. The molecule has 8 heteroatoms. The summed E-state index contributed by atoms with van der Waals surface area (Å²) in [5.74, 6) is 1.91. The van der Waals surface area contributed by atoms with Crippen LogP contribution in [0.3, 0.4) is 0 Å². The third-order valence-corrected chi connectivity index (χ3v) is 5.37. The number of nitrogens with zero attached hydrogens (tertiary/aromatic N) is 4. The van der Waals surface area contributed by atoms with Gasteiger partial charge in [-0.3, -0.25) is 0 Å². The van der Waals surface area contributed by atoms with E-state index in [0.717, 1.165) is 34.4 Å². The standard InChI is InChI=1S/C16H18N6OS/c1-23-7-12-18-5-9(14(17)22-12)6-19-15-13-10-3-2-4-11(10)24-16(13)21-8-20-15/h5,8H,2-4,6-7H2,1H3,(H2,17,18,22)(H,19,20,21). The van der Waals surface area contributed by atoms with Crippen molar-refractivity contribution in [3.63, 3.8) is 0 Å². The molecule has 124 valence electrons. The van der Waals surface area contributed by atoms with Gasteiger partial charge in [-0.25, -0.2) is 19.9 Å². The molecule has 0 atom stereocenters. The highest BCUT2D eigenvalue weighted by Gasteiger charge is 2.21. The highest BCUT2D eigenvalue weighted by atomic mass is 32.1. The Hall–Kier alpha value is -2.32. The van der Waals surface area contributed by atoms with Gasteiger partial charge in [0, 0.05) is 30.3 Å². The number of fused-ring (bicyclic) bond motifs is 3. The van der Waals surface area contributed by atoms with E-state index in [4.69, 9.17) is 10.5 Å². The van der Waals surface area contributed by atoms with Crippen LogP contribution < -0.4 is 11.1 Å². The lowest BCUT2D eigenvalue weighted by molar-refractivity contribution is 0.178. The Kier molecular flexibility index (Phi) is 3.99. The maximum Gasteiger partial charge on any atom is 0.156 e. The van der Waals surface area contributed by atoms with Gasteiger partial charge in [0.15, 0.2) is 5.82 Å². The van der Waals surface area contributed by atoms with E-state index < -0.39 is 0 Å². The highest BCUT2D eigenvalue weighted by molar-refractivity contribution is 7.19. The molecule has 0 fully saturated rings. The van der Waals surface area contributed by atoms with Gasteiger partial charge >= 0.3 is 0 Å². The lowest BCUT2D eigenvalue weighted by atomic mass is 10.2. The number of aromatic nitrogens is 4. The van der Waals surface area contributed by atoms with Crippen LogP contribution in [0.4, 0.5) is 11.6 Å². The van der Waals surface area contributed by atoms with Crippen LogP contribution in [0.25, 0.3) is 10.2 Å². The molecule has 3 heterocycles. The fourth-order valence-electron chi connectivity index (χ4n) is 3.03. The van der Waals surface area contributed by atoms with Crippen molar-refractivity contribution in [1.82, 2.24) is 19.9 Å². The molecular formula is C16H18N6OS. The Bertz CT molecular complexity index is 894. The molecule has 0 saturated carbocycles. The number of aryl methyl sites for hydroxylation is 2. The van der Waals surface area contributed by atoms with E-state index in [-0.39, 0.29) is 0 Å². The van der Waals surface area contributed by atoms with Crippen LogP contribution in [0.2, 0.25) is 0 Å². The first-order valence-corrected chi connectivity index (χ1v) is 8.66. The van der Waals surface area contributed by atoms with Crippen LogP contribution in [0, 0.1) is 0 Å². The smallest absolute Gasteiger partial charge is 0.156 e. The summed E-state index contributed by atoms with van der Waals surface area (Å²) in [5, 5.41) is 4.53. The van der Waals surface area contributed by atoms with E-state index in [1.807, 2.05) is 0 Å². The maximum atomic E-state index is 6.02. The molecule has 0 unspecified atom stereocenters. The van der Waals surface area contributed by atoms with Crippen LogP contribution in [0.15, 0.2) is 12.5 Å². The summed E-state index contributed by atoms with van der Waals surface area (Å²) in [6, 6.07) is 0. The fraction of sp³-hybridized carbons (Fsp3) is 0.375. The topological polar surface area (TPSA) is 98.8 Å². The first kappa shape index (κ1) is 15.2. The summed E-state index contributed by atoms with van der Waals surface area (Å²) in [7, 11) is 1.61. The molecule has 24 heavy (non-hydrogen) atoms. The van der Waals surface area contributed by atoms with Crippen LogP contribution >= 0.6 is 11.3 Å². The lowest BCUT2D eigenvalue weighted by Crippen LogP contribution is -2.09. The average molecular weight is 342 g/mol. The van der Waals surface area contributed by atoms with Gasteiger partial charge in [-0.15, -0.1) is 11.3 Å². The minimum Gasteiger partial charge on any atom is -0.383 e. The van der Waals surface area contributed by atoms with Crippen molar-refractivity contribution < 1.29 is 4.74 Å². The molecule has 0 saturated heterocycles. The second-order valence-corrected chi connectivity index (χ2v) is 6.83. The van der Waals surface area contributed by atoms with Gasteiger partial charge in [0.2, 0.25) is 0 Å². The average Bonchev–Trinajstić information content (AvgIpc) is 3.15. The molecular weight excluding hydrogens is 324 g/mol. The Morgan fingerprint density at radius 2 is 2.21 bits per heavy atom. The molecule has 3 N–H and O–H groups in total. The van der Waals surface area contributed by atoms with Crippen LogP contribution in [-0.2, 0) is 30.7 Å². The monoisotopic (exact) mass is 342 g/mol. The van der Waals surface area contributed by atoms with Gasteiger partial charge in [0.1, 0.15) is 29.4 Å². The predicted molar refractivity (Wildman–Crippen MR) is 93.9 cm³/mol. The summed E-state index contributed by atoms with van der Waals surface area (Å²) in [4.78, 5) is 19.9. The Labute approximate surface area is 143 Å². The largest absolute Gasteiger partial charge is 0.383 e. The number of nitrogen functional groups attached to an aromatic ring is 1. The van der Waals surface area contributed by atoms with E-state index in [1.54, 1.807) is 31.0 Å². The normalized spacial score (nSPS) is 13.4. The van der Waals surface area contributed by atoms with E-state index in [1.165, 1.54) is 16.9 Å². The third kappa shape index (κ3) is 2.67. The zero-order valence-corrected chi connectivity index (χ0v) is 14.2. The summed E-state index contributed by atoms with van der Waals surface area (Å²) < 4.78 is 5.02. The van der Waals surface area contributed by atoms with Gasteiger partial charge < -0.3 is 15.8 Å². The molecule has 0 bridgehead atoms. The summed E-state index contributed by atoms with van der Waals surface area (Å²) in [6.07, 6.45) is 6.82. The number of thiophene rings is 1. The minimum absolute atomic E-state index is 0.353. The number of methoxy groups -OCH3 is 1. The molecule has 1 aliphatic carbocycles. The van der Waals surface area contributed by atoms with E-state index in [0.29, 0.717) is 24.8 Å². The Morgan fingerprint density at radius 1 is 1.29 bits per heavy atom. The Balaban J connectivity index is 1.59. The first-order valence-electron chi connectivity index (χ1n) is 7.84. The zero-order chi connectivity index (χ0) is 16.5. The lowest BCUT2D eigenvalue weighted by Gasteiger charge is -2.10. The number of rotatable bonds is 5. The van der Waals surface area contributed by atoms with Gasteiger partial charge in [-0.05, 0) is 24.8 Å². The van der Waals surface area contributed by atoms with Gasteiger partial charge in [0.25, 0.3) is 0 Å².